The Morgan fingerprint density at radius 3 is 2.41 bits per heavy atom. The van der Waals surface area contributed by atoms with Gasteiger partial charge in [-0.1, -0.05) is 6.92 Å². The summed E-state index contributed by atoms with van der Waals surface area (Å²) in [5.41, 5.74) is 4.33. The van der Waals surface area contributed by atoms with Gasteiger partial charge in [-0.25, -0.2) is 9.37 Å². The molecule has 3 aromatic heterocycles. The summed E-state index contributed by atoms with van der Waals surface area (Å²) in [5, 5.41) is 5.13. The van der Waals surface area contributed by atoms with Crippen LogP contribution in [0.4, 0.5) is 15.8 Å². The number of fused-ring (bicyclic) bond motifs is 2. The van der Waals surface area contributed by atoms with Gasteiger partial charge in [-0.15, -0.1) is 0 Å². The van der Waals surface area contributed by atoms with Gasteiger partial charge in [0.2, 0.25) is 11.8 Å². The quantitative estimate of drug-likeness (QED) is 0.225. The number of aromatic nitrogens is 3. The molecule has 0 saturated carbocycles. The van der Waals surface area contributed by atoms with Crippen LogP contribution in [0.25, 0.3) is 11.0 Å². The van der Waals surface area contributed by atoms with Gasteiger partial charge in [-0.2, -0.15) is 0 Å². The molecule has 0 radical (unpaired) electrons. The van der Waals surface area contributed by atoms with Gasteiger partial charge in [0.25, 0.3) is 23.3 Å². The highest BCUT2D eigenvalue weighted by Crippen LogP contribution is 2.34. The lowest BCUT2D eigenvalue weighted by Crippen LogP contribution is -2.54. The minimum atomic E-state index is -1.14. The Morgan fingerprint density at radius 2 is 1.69 bits per heavy atom. The second-order valence-corrected chi connectivity index (χ2v) is 14.1. The fourth-order valence-corrected chi connectivity index (χ4v) is 7.72. The van der Waals surface area contributed by atoms with Crippen molar-refractivity contribution in [2.24, 2.45) is 0 Å². The Balaban J connectivity index is 0.843. The minimum Gasteiger partial charge on any atom is -0.368 e. The number of imide groups is 2. The summed E-state index contributed by atoms with van der Waals surface area (Å²) in [6.45, 7) is 6.51. The highest BCUT2D eigenvalue weighted by atomic mass is 19.1. The fourth-order valence-electron chi connectivity index (χ4n) is 7.72. The summed E-state index contributed by atoms with van der Waals surface area (Å²) in [7, 11) is 0. The Morgan fingerprint density at radius 1 is 0.907 bits per heavy atom. The molecule has 16 heteroatoms. The van der Waals surface area contributed by atoms with Crippen molar-refractivity contribution < 1.29 is 28.4 Å². The maximum absolute atomic E-state index is 15.4. The normalized spacial score (nSPS) is 20.5. The van der Waals surface area contributed by atoms with Crippen LogP contribution in [0.2, 0.25) is 0 Å². The number of rotatable bonds is 8. The van der Waals surface area contributed by atoms with Crippen molar-refractivity contribution in [2.75, 3.05) is 49.1 Å². The summed E-state index contributed by atoms with van der Waals surface area (Å²) in [5.74, 6) is -3.75. The minimum absolute atomic E-state index is 0.00504. The molecule has 1 unspecified atom stereocenters. The first-order valence-corrected chi connectivity index (χ1v) is 18.1. The predicted octanol–water partition coefficient (Wildman–Crippen LogP) is 1.75. The van der Waals surface area contributed by atoms with E-state index in [1.165, 1.54) is 6.07 Å². The van der Waals surface area contributed by atoms with Crippen LogP contribution in [0.3, 0.4) is 0 Å². The molecule has 54 heavy (non-hydrogen) atoms. The molecule has 3 saturated heterocycles. The van der Waals surface area contributed by atoms with Crippen molar-refractivity contribution in [3.63, 3.8) is 0 Å². The molecular weight excluding hydrogens is 697 g/mol. The lowest BCUT2D eigenvalue weighted by molar-refractivity contribution is -0.136. The standard InChI is InChI=1S/C38H38FN9O6/c1-2-22-14-29-30(43-34(22)50)13-21(17-40-29)19-45-9-11-46(12-10-45)24-3-4-28(41-18-24)35(51)42-23-7-8-47(20-23)32-16-26-25(15-27(32)39)37(53)48(38(26)54)31-5-6-33(49)44-36(31)52/h3-4,13-18,23,31H,2,5-12,19-20H2,1H3,(H,42,51)(H,43,50)(H,44,49,52)/t23-,31?/m0/s1. The molecule has 2 atom stereocenters. The van der Waals surface area contributed by atoms with E-state index in [1.54, 1.807) is 17.2 Å². The van der Waals surface area contributed by atoms with Crippen LogP contribution in [0, 0.1) is 5.82 Å². The van der Waals surface area contributed by atoms with E-state index >= 15 is 4.39 Å². The molecule has 4 aliphatic rings. The van der Waals surface area contributed by atoms with E-state index in [1.807, 2.05) is 31.3 Å². The van der Waals surface area contributed by atoms with Crippen LogP contribution in [-0.2, 0) is 22.6 Å². The number of hydrogen-bond acceptors (Lipinski definition) is 11. The zero-order valence-electron chi connectivity index (χ0n) is 29.6. The molecule has 15 nitrogen and oxygen atoms in total. The number of piperazine rings is 1. The van der Waals surface area contributed by atoms with Gasteiger partial charge >= 0.3 is 0 Å². The second kappa shape index (κ2) is 14.1. The van der Waals surface area contributed by atoms with E-state index in [0.29, 0.717) is 25.9 Å². The third-order valence-corrected chi connectivity index (χ3v) is 10.7. The number of nitrogens with zero attached hydrogens (tertiary/aromatic N) is 6. The fraction of sp³-hybridized carbons (Fsp3) is 0.368. The lowest BCUT2D eigenvalue weighted by atomic mass is 10.0. The first kappa shape index (κ1) is 35.0. The molecule has 0 bridgehead atoms. The van der Waals surface area contributed by atoms with Gasteiger partial charge in [0.05, 0.1) is 39.7 Å². The molecule has 8 rings (SSSR count). The van der Waals surface area contributed by atoms with Crippen molar-refractivity contribution in [1.29, 1.82) is 0 Å². The summed E-state index contributed by atoms with van der Waals surface area (Å²) in [6.07, 6.45) is 4.72. The average Bonchev–Trinajstić information content (AvgIpc) is 3.72. The summed E-state index contributed by atoms with van der Waals surface area (Å²) < 4.78 is 15.4. The topological polar surface area (TPSA) is 181 Å². The lowest BCUT2D eigenvalue weighted by Gasteiger charge is -2.36. The van der Waals surface area contributed by atoms with Gasteiger partial charge in [0.15, 0.2) is 0 Å². The number of nitrogens with one attached hydrogen (secondary N) is 3. The first-order valence-electron chi connectivity index (χ1n) is 18.1. The molecule has 4 aliphatic heterocycles. The van der Waals surface area contributed by atoms with Gasteiger partial charge in [-0.3, -0.25) is 48.9 Å². The third-order valence-electron chi connectivity index (χ3n) is 10.7. The Labute approximate surface area is 308 Å². The molecule has 5 amide bonds. The molecule has 3 N–H and O–H groups in total. The first-order chi connectivity index (χ1) is 26.1. The van der Waals surface area contributed by atoms with E-state index in [4.69, 9.17) is 0 Å². The molecule has 0 aliphatic carbocycles. The Kier molecular flexibility index (Phi) is 9.13. The largest absolute Gasteiger partial charge is 0.368 e. The highest BCUT2D eigenvalue weighted by Gasteiger charge is 2.45. The smallest absolute Gasteiger partial charge is 0.270 e. The number of amides is 5. The number of benzene rings is 1. The van der Waals surface area contributed by atoms with Crippen LogP contribution >= 0.6 is 0 Å². The van der Waals surface area contributed by atoms with E-state index in [0.717, 1.165) is 65.0 Å². The summed E-state index contributed by atoms with van der Waals surface area (Å²) >= 11 is 0. The Hall–Kier alpha value is -6.03. The number of aryl methyl sites for hydroxylation is 1. The number of halogens is 1. The van der Waals surface area contributed by atoms with Crippen molar-refractivity contribution in [2.45, 2.75) is 51.2 Å². The zero-order valence-corrected chi connectivity index (χ0v) is 29.6. The maximum atomic E-state index is 15.4. The van der Waals surface area contributed by atoms with Crippen LogP contribution in [0.15, 0.2) is 53.6 Å². The van der Waals surface area contributed by atoms with Gasteiger partial charge in [0, 0.05) is 70.0 Å². The molecule has 7 heterocycles. The van der Waals surface area contributed by atoms with Crippen molar-refractivity contribution >= 4 is 51.9 Å². The van der Waals surface area contributed by atoms with E-state index in [9.17, 15) is 28.8 Å². The summed E-state index contributed by atoms with van der Waals surface area (Å²) in [6, 6.07) is 8.28. The maximum Gasteiger partial charge on any atom is 0.270 e. The molecule has 0 spiro atoms. The van der Waals surface area contributed by atoms with E-state index < -0.39 is 35.5 Å². The number of hydrogen-bond donors (Lipinski definition) is 3. The molecular formula is C38H38FN9O6. The van der Waals surface area contributed by atoms with E-state index in [2.05, 4.69) is 35.4 Å². The van der Waals surface area contributed by atoms with Crippen LogP contribution in [0.5, 0.6) is 0 Å². The number of aromatic amines is 1. The molecule has 3 fully saturated rings. The third kappa shape index (κ3) is 6.57. The van der Waals surface area contributed by atoms with Crippen molar-refractivity contribution in [3.8, 4) is 0 Å². The number of piperidine rings is 1. The van der Waals surface area contributed by atoms with Gasteiger partial charge in [-0.05, 0) is 61.2 Å². The highest BCUT2D eigenvalue weighted by molar-refractivity contribution is 6.23. The van der Waals surface area contributed by atoms with Crippen molar-refractivity contribution in [3.05, 3.63) is 92.9 Å². The summed E-state index contributed by atoms with van der Waals surface area (Å²) in [4.78, 5) is 94.7. The number of H-pyrrole nitrogens is 1. The van der Waals surface area contributed by atoms with E-state index in [-0.39, 0.29) is 59.4 Å². The molecule has 1 aromatic carbocycles. The zero-order chi connectivity index (χ0) is 37.7. The van der Waals surface area contributed by atoms with Crippen molar-refractivity contribution in [1.82, 2.24) is 35.4 Å². The average molecular weight is 736 g/mol. The second-order valence-electron chi connectivity index (χ2n) is 14.1. The van der Waals surface area contributed by atoms with Gasteiger partial charge < -0.3 is 20.1 Å². The van der Waals surface area contributed by atoms with Gasteiger partial charge in [0.1, 0.15) is 17.6 Å². The number of carbonyl (C=O) groups excluding carboxylic acids is 5. The van der Waals surface area contributed by atoms with Crippen LogP contribution in [-0.4, -0.2) is 106 Å². The van der Waals surface area contributed by atoms with Crippen LogP contribution in [0.1, 0.15) is 68.5 Å². The SMILES string of the molecule is CCc1cc2ncc(CN3CCN(c4ccc(C(=O)N[C@H]5CCN(c6cc7c(cc6F)C(=O)N(C6CCC(=O)NC6=O)C7=O)C5)nc4)CC3)cc2[nH]c1=O. The Bertz CT molecular complexity index is 2270. The number of carbonyl (C=O) groups is 5. The molecule has 4 aromatic rings. The predicted molar refractivity (Wildman–Crippen MR) is 195 cm³/mol. The number of anilines is 2. The molecule has 278 valence electrons. The monoisotopic (exact) mass is 735 g/mol. The number of pyridine rings is 3. The van der Waals surface area contributed by atoms with Crippen LogP contribution < -0.4 is 26.0 Å².